The SMILES string of the molecule is O=C(c1cccc(F)c1)N1CCO[C@@](CO)(Cc2ccccc2)C1. The molecule has 1 saturated heterocycles. The monoisotopic (exact) mass is 329 g/mol. The van der Waals surface area contributed by atoms with E-state index in [-0.39, 0.29) is 19.1 Å². The van der Waals surface area contributed by atoms with E-state index in [1.807, 2.05) is 30.3 Å². The van der Waals surface area contributed by atoms with Crippen molar-refractivity contribution in [3.05, 3.63) is 71.5 Å². The Kier molecular flexibility index (Phi) is 4.92. The minimum absolute atomic E-state index is 0.186. The summed E-state index contributed by atoms with van der Waals surface area (Å²) in [4.78, 5) is 14.3. The molecule has 1 heterocycles. The van der Waals surface area contributed by atoms with Crippen LogP contribution in [0.3, 0.4) is 0 Å². The first kappa shape index (κ1) is 16.6. The molecule has 1 aliphatic rings. The number of hydrogen-bond acceptors (Lipinski definition) is 3. The Morgan fingerprint density at radius 3 is 2.71 bits per heavy atom. The normalized spacial score (nSPS) is 20.8. The van der Waals surface area contributed by atoms with Crippen molar-refractivity contribution in [2.75, 3.05) is 26.3 Å². The van der Waals surface area contributed by atoms with Crippen molar-refractivity contribution >= 4 is 5.91 Å². The maximum atomic E-state index is 13.4. The van der Waals surface area contributed by atoms with Gasteiger partial charge in [-0.2, -0.15) is 0 Å². The number of benzene rings is 2. The molecule has 0 unspecified atom stereocenters. The lowest BCUT2D eigenvalue weighted by Gasteiger charge is -2.42. The van der Waals surface area contributed by atoms with Crippen LogP contribution in [0, 0.1) is 5.82 Å². The number of carbonyl (C=O) groups excluding carboxylic acids is 1. The smallest absolute Gasteiger partial charge is 0.254 e. The molecular weight excluding hydrogens is 309 g/mol. The average Bonchev–Trinajstić information content (AvgIpc) is 2.62. The third-order valence-electron chi connectivity index (χ3n) is 4.26. The average molecular weight is 329 g/mol. The molecule has 4 nitrogen and oxygen atoms in total. The number of rotatable bonds is 4. The van der Waals surface area contributed by atoms with Crippen LogP contribution in [-0.4, -0.2) is 47.8 Å². The van der Waals surface area contributed by atoms with Gasteiger partial charge in [-0.25, -0.2) is 4.39 Å². The fraction of sp³-hybridized carbons (Fsp3) is 0.316. The summed E-state index contributed by atoms with van der Waals surface area (Å²) in [5.41, 5.74) is 0.512. The van der Waals surface area contributed by atoms with Gasteiger partial charge in [-0.1, -0.05) is 36.4 Å². The van der Waals surface area contributed by atoms with Gasteiger partial charge in [0.2, 0.25) is 0 Å². The predicted octanol–water partition coefficient (Wildman–Crippen LogP) is 2.27. The van der Waals surface area contributed by atoms with E-state index in [4.69, 9.17) is 4.74 Å². The quantitative estimate of drug-likeness (QED) is 0.936. The summed E-state index contributed by atoms with van der Waals surface area (Å²) in [6.45, 7) is 0.850. The first-order chi connectivity index (χ1) is 11.6. The lowest BCUT2D eigenvalue weighted by molar-refractivity contribution is -0.123. The van der Waals surface area contributed by atoms with Crippen molar-refractivity contribution in [3.63, 3.8) is 0 Å². The van der Waals surface area contributed by atoms with E-state index in [0.717, 1.165) is 5.56 Å². The molecule has 0 spiro atoms. The van der Waals surface area contributed by atoms with E-state index in [0.29, 0.717) is 25.1 Å². The third-order valence-corrected chi connectivity index (χ3v) is 4.26. The molecule has 5 heteroatoms. The zero-order valence-electron chi connectivity index (χ0n) is 13.3. The van der Waals surface area contributed by atoms with Gasteiger partial charge in [0.05, 0.1) is 19.8 Å². The molecule has 0 saturated carbocycles. The molecule has 24 heavy (non-hydrogen) atoms. The summed E-state index contributed by atoms with van der Waals surface area (Å²) >= 11 is 0. The molecule has 0 radical (unpaired) electrons. The number of amides is 1. The van der Waals surface area contributed by atoms with Crippen LogP contribution in [0.1, 0.15) is 15.9 Å². The van der Waals surface area contributed by atoms with Gasteiger partial charge in [-0.15, -0.1) is 0 Å². The Balaban J connectivity index is 1.78. The van der Waals surface area contributed by atoms with Gasteiger partial charge in [0.1, 0.15) is 11.4 Å². The highest BCUT2D eigenvalue weighted by Crippen LogP contribution is 2.24. The minimum Gasteiger partial charge on any atom is -0.393 e. The predicted molar refractivity (Wildman–Crippen MR) is 88.2 cm³/mol. The Labute approximate surface area is 140 Å². The summed E-state index contributed by atoms with van der Waals surface area (Å²) in [7, 11) is 0. The second-order valence-corrected chi connectivity index (χ2v) is 6.09. The molecule has 1 atom stereocenters. The van der Waals surface area contributed by atoms with Crippen LogP contribution in [0.4, 0.5) is 4.39 Å². The summed E-state index contributed by atoms with van der Waals surface area (Å²) < 4.78 is 19.2. The molecule has 1 fully saturated rings. The summed E-state index contributed by atoms with van der Waals surface area (Å²) in [5, 5.41) is 9.89. The van der Waals surface area contributed by atoms with E-state index in [1.54, 1.807) is 11.0 Å². The van der Waals surface area contributed by atoms with Crippen molar-refractivity contribution in [2.24, 2.45) is 0 Å². The Hall–Kier alpha value is -2.24. The summed E-state index contributed by atoms with van der Waals surface area (Å²) in [5.74, 6) is -0.685. The molecule has 1 amide bonds. The van der Waals surface area contributed by atoms with Gasteiger partial charge in [0.25, 0.3) is 5.91 Å². The van der Waals surface area contributed by atoms with Crippen molar-refractivity contribution in [3.8, 4) is 0 Å². The van der Waals surface area contributed by atoms with Crippen molar-refractivity contribution in [1.82, 2.24) is 4.90 Å². The molecule has 1 N–H and O–H groups in total. The van der Waals surface area contributed by atoms with Crippen LogP contribution in [0.5, 0.6) is 0 Å². The van der Waals surface area contributed by atoms with E-state index in [2.05, 4.69) is 0 Å². The first-order valence-electron chi connectivity index (χ1n) is 7.95. The molecule has 2 aromatic carbocycles. The number of halogens is 1. The highest BCUT2D eigenvalue weighted by Gasteiger charge is 2.38. The van der Waals surface area contributed by atoms with Gasteiger partial charge in [-0.05, 0) is 23.8 Å². The molecule has 1 aliphatic heterocycles. The van der Waals surface area contributed by atoms with Gasteiger partial charge in [0, 0.05) is 18.5 Å². The van der Waals surface area contributed by atoms with E-state index >= 15 is 0 Å². The fourth-order valence-corrected chi connectivity index (χ4v) is 3.05. The summed E-state index contributed by atoms with van der Waals surface area (Å²) in [6, 6.07) is 15.4. The van der Waals surface area contributed by atoms with Crippen LogP contribution in [0.2, 0.25) is 0 Å². The lowest BCUT2D eigenvalue weighted by atomic mass is 9.93. The van der Waals surface area contributed by atoms with Crippen LogP contribution < -0.4 is 0 Å². The number of aliphatic hydroxyl groups is 1. The maximum absolute atomic E-state index is 13.4. The van der Waals surface area contributed by atoms with Gasteiger partial charge < -0.3 is 14.7 Å². The zero-order valence-corrected chi connectivity index (χ0v) is 13.3. The molecule has 0 bridgehead atoms. The number of ether oxygens (including phenoxy) is 1. The van der Waals surface area contributed by atoms with E-state index in [1.165, 1.54) is 18.2 Å². The van der Waals surface area contributed by atoms with Crippen LogP contribution in [0.25, 0.3) is 0 Å². The lowest BCUT2D eigenvalue weighted by Crippen LogP contribution is -2.56. The largest absolute Gasteiger partial charge is 0.393 e. The second-order valence-electron chi connectivity index (χ2n) is 6.09. The van der Waals surface area contributed by atoms with Gasteiger partial charge in [-0.3, -0.25) is 4.79 Å². The molecular formula is C19H20FNO3. The van der Waals surface area contributed by atoms with Gasteiger partial charge >= 0.3 is 0 Å². The number of aliphatic hydroxyl groups excluding tert-OH is 1. The molecule has 0 aliphatic carbocycles. The van der Waals surface area contributed by atoms with Crippen molar-refractivity contribution in [2.45, 2.75) is 12.0 Å². The number of hydrogen-bond donors (Lipinski definition) is 1. The molecule has 0 aromatic heterocycles. The zero-order chi connectivity index (χ0) is 17.0. The minimum atomic E-state index is -0.831. The Morgan fingerprint density at radius 2 is 2.00 bits per heavy atom. The summed E-state index contributed by atoms with van der Waals surface area (Å²) in [6.07, 6.45) is 0.511. The Morgan fingerprint density at radius 1 is 1.21 bits per heavy atom. The van der Waals surface area contributed by atoms with Crippen molar-refractivity contribution in [1.29, 1.82) is 0 Å². The second kappa shape index (κ2) is 7.11. The van der Waals surface area contributed by atoms with Crippen LogP contribution in [0.15, 0.2) is 54.6 Å². The number of morpholine rings is 1. The fourth-order valence-electron chi connectivity index (χ4n) is 3.05. The topological polar surface area (TPSA) is 49.8 Å². The van der Waals surface area contributed by atoms with E-state index in [9.17, 15) is 14.3 Å². The first-order valence-corrected chi connectivity index (χ1v) is 7.95. The van der Waals surface area contributed by atoms with Gasteiger partial charge in [0.15, 0.2) is 0 Å². The number of nitrogens with zero attached hydrogens (tertiary/aromatic N) is 1. The third kappa shape index (κ3) is 3.63. The maximum Gasteiger partial charge on any atom is 0.254 e. The van der Waals surface area contributed by atoms with Crippen LogP contribution in [-0.2, 0) is 11.2 Å². The van der Waals surface area contributed by atoms with Crippen molar-refractivity contribution < 1.29 is 19.0 Å². The molecule has 126 valence electrons. The highest BCUT2D eigenvalue weighted by atomic mass is 19.1. The van der Waals surface area contributed by atoms with Crippen LogP contribution >= 0.6 is 0 Å². The highest BCUT2D eigenvalue weighted by molar-refractivity contribution is 5.94. The van der Waals surface area contributed by atoms with E-state index < -0.39 is 11.4 Å². The standard InChI is InChI=1S/C19H20FNO3/c20-17-8-4-7-16(11-17)18(23)21-9-10-24-19(13-21,14-22)12-15-5-2-1-3-6-15/h1-8,11,22H,9-10,12-14H2/t19-/m0/s1. The molecule has 3 rings (SSSR count). The number of carbonyl (C=O) groups is 1. The molecule has 2 aromatic rings. The Bertz CT molecular complexity index is 707.